The molecule has 4 heterocycles. The first-order valence-corrected chi connectivity index (χ1v) is 14.4. The molecule has 0 aliphatic carbocycles. The maximum atomic E-state index is 14.5. The average molecular weight is 544 g/mol. The second kappa shape index (κ2) is 9.99. The molecule has 5 atom stereocenters. The van der Waals surface area contributed by atoms with Crippen molar-refractivity contribution < 1.29 is 19.5 Å². The van der Waals surface area contributed by atoms with E-state index in [1.54, 1.807) is 26.5 Å². The Morgan fingerprint density at radius 2 is 1.72 bits per heavy atom. The van der Waals surface area contributed by atoms with Crippen molar-refractivity contribution in [2.45, 2.75) is 36.3 Å². The minimum atomic E-state index is -0.870. The second-order valence-corrected chi connectivity index (χ2v) is 12.3. The Morgan fingerprint density at radius 3 is 2.49 bits per heavy atom. The molecule has 0 saturated carbocycles. The molecule has 0 aromatic heterocycles. The topological polar surface area (TPSA) is 81.2 Å². The van der Waals surface area contributed by atoms with Crippen LogP contribution in [0, 0.1) is 25.7 Å². The zero-order valence-electron chi connectivity index (χ0n) is 22.2. The van der Waals surface area contributed by atoms with Crippen molar-refractivity contribution in [3.63, 3.8) is 0 Å². The molecule has 4 aliphatic heterocycles. The third-order valence-electron chi connectivity index (χ3n) is 8.44. The van der Waals surface area contributed by atoms with Crippen molar-refractivity contribution >= 4 is 40.9 Å². The fourth-order valence-corrected chi connectivity index (χ4v) is 8.69. The van der Waals surface area contributed by atoms with Crippen LogP contribution >= 0.6 is 11.8 Å². The lowest BCUT2D eigenvalue weighted by atomic mass is 9.78. The number of carbonyl (C=O) groups is 3. The van der Waals surface area contributed by atoms with Gasteiger partial charge < -0.3 is 19.8 Å². The maximum absolute atomic E-state index is 14.5. The van der Waals surface area contributed by atoms with Crippen LogP contribution in [0.2, 0.25) is 0 Å². The number of fused-ring (bicyclic) bond motifs is 2. The largest absolute Gasteiger partial charge is 0.396 e. The van der Waals surface area contributed by atoms with Gasteiger partial charge in [-0.15, -0.1) is 11.8 Å². The van der Waals surface area contributed by atoms with Crippen molar-refractivity contribution in [2.24, 2.45) is 11.8 Å². The quantitative estimate of drug-likeness (QED) is 0.584. The van der Waals surface area contributed by atoms with Gasteiger partial charge in [-0.1, -0.05) is 54.6 Å². The van der Waals surface area contributed by atoms with Gasteiger partial charge in [-0.3, -0.25) is 14.4 Å². The van der Waals surface area contributed by atoms with Crippen molar-refractivity contribution in [1.82, 2.24) is 4.90 Å². The molecule has 2 saturated heterocycles. The lowest BCUT2D eigenvalue weighted by Gasteiger charge is -2.35. The first-order chi connectivity index (χ1) is 18.9. The summed E-state index contributed by atoms with van der Waals surface area (Å²) in [7, 11) is 0. The Labute approximate surface area is 233 Å². The van der Waals surface area contributed by atoms with Crippen LogP contribution < -0.4 is 9.80 Å². The van der Waals surface area contributed by atoms with Crippen molar-refractivity contribution in [2.75, 3.05) is 36.0 Å². The van der Waals surface area contributed by atoms with Crippen molar-refractivity contribution in [3.8, 4) is 0 Å². The van der Waals surface area contributed by atoms with Crippen LogP contribution in [-0.4, -0.2) is 70.0 Å². The number of rotatable bonds is 5. The van der Waals surface area contributed by atoms with Gasteiger partial charge in [-0.05, 0) is 49.6 Å². The highest BCUT2D eigenvalue weighted by Gasteiger charge is 2.71. The van der Waals surface area contributed by atoms with Gasteiger partial charge in [0, 0.05) is 42.9 Å². The lowest BCUT2D eigenvalue weighted by Crippen LogP contribution is -2.53. The van der Waals surface area contributed by atoms with Crippen LogP contribution in [0.15, 0.2) is 72.8 Å². The number of nitrogens with zero attached hydrogens (tertiary/aromatic N) is 3. The number of carbonyl (C=O) groups excluding carboxylic acids is 3. The minimum Gasteiger partial charge on any atom is -0.396 e. The molecule has 1 unspecified atom stereocenters. The normalized spacial score (nSPS) is 29.8. The van der Waals surface area contributed by atoms with E-state index in [0.29, 0.717) is 19.5 Å². The highest BCUT2D eigenvalue weighted by atomic mass is 32.2. The van der Waals surface area contributed by atoms with Crippen LogP contribution in [-0.2, 0) is 14.4 Å². The van der Waals surface area contributed by atoms with Crippen molar-refractivity contribution in [1.29, 1.82) is 0 Å². The summed E-state index contributed by atoms with van der Waals surface area (Å²) in [6.07, 6.45) is 8.46. The number of likely N-dealkylation sites (tertiary alicyclic amines) is 1. The Balaban J connectivity index is 1.45. The number of hydrogen-bond donors (Lipinski definition) is 1. The van der Waals surface area contributed by atoms with Crippen LogP contribution in [0.3, 0.4) is 0 Å². The fraction of sp³-hybridized carbons (Fsp3) is 0.387. The molecule has 6 rings (SSSR count). The van der Waals surface area contributed by atoms with E-state index in [4.69, 9.17) is 0 Å². The molecule has 2 aromatic rings. The molecule has 4 aliphatic rings. The number of thioether (sulfide) groups is 1. The number of para-hydroxylation sites is 1. The lowest BCUT2D eigenvalue weighted by molar-refractivity contribution is -0.138. The monoisotopic (exact) mass is 543 g/mol. The molecule has 8 heteroatoms. The summed E-state index contributed by atoms with van der Waals surface area (Å²) in [6.45, 7) is 5.01. The Bertz CT molecular complexity index is 1380. The molecule has 202 valence electrons. The molecule has 0 bridgehead atoms. The Hall–Kier alpha value is -3.36. The number of anilines is 2. The molecule has 1 N–H and O–H groups in total. The molecule has 39 heavy (non-hydrogen) atoms. The van der Waals surface area contributed by atoms with Gasteiger partial charge in [0.15, 0.2) is 0 Å². The number of benzene rings is 2. The van der Waals surface area contributed by atoms with Gasteiger partial charge in [-0.2, -0.15) is 0 Å². The highest BCUT2D eigenvalue weighted by Crippen LogP contribution is 2.61. The van der Waals surface area contributed by atoms with Gasteiger partial charge in [0.1, 0.15) is 6.04 Å². The zero-order chi connectivity index (χ0) is 27.3. The predicted molar refractivity (Wildman–Crippen MR) is 154 cm³/mol. The second-order valence-electron chi connectivity index (χ2n) is 10.8. The summed E-state index contributed by atoms with van der Waals surface area (Å²) in [5.41, 5.74) is 3.68. The number of aliphatic hydroxyl groups excluding tert-OH is 1. The molecule has 0 radical (unpaired) electrons. The van der Waals surface area contributed by atoms with E-state index >= 15 is 0 Å². The van der Waals surface area contributed by atoms with Gasteiger partial charge in [0.25, 0.3) is 5.91 Å². The van der Waals surface area contributed by atoms with E-state index in [-0.39, 0.29) is 36.1 Å². The molecule has 1 spiro atoms. The third-order valence-corrected chi connectivity index (χ3v) is 10.2. The number of hydrogen-bond acceptors (Lipinski definition) is 5. The first kappa shape index (κ1) is 25.9. The molecule has 2 fully saturated rings. The van der Waals surface area contributed by atoms with Gasteiger partial charge in [0.2, 0.25) is 11.8 Å². The van der Waals surface area contributed by atoms with Gasteiger partial charge in [0.05, 0.1) is 16.6 Å². The molecular weight excluding hydrogens is 510 g/mol. The SMILES string of the molecule is Cc1ccc(C)c(N2CC=C[C@]34S[C@@H]5C=CCN(c6ccccc6)C(=O)[C@@H]5[C@H]3C(=O)N(CCCO)C4C2=O)c1. The smallest absolute Gasteiger partial charge is 0.251 e. The van der Waals surface area contributed by atoms with E-state index in [1.165, 1.54) is 0 Å². The number of aryl methyl sites for hydroxylation is 2. The van der Waals surface area contributed by atoms with Crippen LogP contribution in [0.25, 0.3) is 0 Å². The molecule has 2 aromatic carbocycles. The average Bonchev–Trinajstić information content (AvgIpc) is 3.24. The van der Waals surface area contributed by atoms with Crippen molar-refractivity contribution in [3.05, 3.63) is 84.0 Å². The van der Waals surface area contributed by atoms with Gasteiger partial charge in [-0.25, -0.2) is 0 Å². The zero-order valence-corrected chi connectivity index (χ0v) is 23.0. The number of aliphatic hydroxyl groups is 1. The standard InChI is InChI=1S/C31H33N3O4S/c1-20-12-13-21(2)23(19-20)33-16-7-14-31-26(29(37)34(17-8-18-35)27(31)30(33)38)25-24(39-31)11-6-15-32(28(25)36)22-9-4-3-5-10-22/h3-7,9-14,19,24-27,35H,8,15-18H2,1-2H3/t24-,25+,26+,27?,31+/m1/s1. The van der Waals surface area contributed by atoms with E-state index in [2.05, 4.69) is 6.08 Å². The van der Waals surface area contributed by atoms with Crippen LogP contribution in [0.4, 0.5) is 11.4 Å². The minimum absolute atomic E-state index is 0.0818. The van der Waals surface area contributed by atoms with E-state index < -0.39 is 22.6 Å². The summed E-state index contributed by atoms with van der Waals surface area (Å²) in [6, 6.07) is 14.8. The molecular formula is C31H33N3O4S. The summed E-state index contributed by atoms with van der Waals surface area (Å²) in [5.74, 6) is -1.66. The summed E-state index contributed by atoms with van der Waals surface area (Å²) in [5, 5.41) is 9.42. The Kier molecular flexibility index (Phi) is 6.63. The van der Waals surface area contributed by atoms with Gasteiger partial charge >= 0.3 is 0 Å². The summed E-state index contributed by atoms with van der Waals surface area (Å²) >= 11 is 1.58. The molecule has 7 nitrogen and oxygen atoms in total. The van der Waals surface area contributed by atoms with E-state index in [9.17, 15) is 19.5 Å². The number of amides is 3. The highest BCUT2D eigenvalue weighted by molar-refractivity contribution is 8.02. The Morgan fingerprint density at radius 1 is 0.949 bits per heavy atom. The third kappa shape index (κ3) is 4.03. The van der Waals surface area contributed by atoms with Crippen LogP contribution in [0.5, 0.6) is 0 Å². The summed E-state index contributed by atoms with van der Waals surface area (Å²) < 4.78 is -0.870. The van der Waals surface area contributed by atoms with Crippen LogP contribution in [0.1, 0.15) is 17.5 Å². The summed E-state index contributed by atoms with van der Waals surface area (Å²) in [4.78, 5) is 48.1. The fourth-order valence-electron chi connectivity index (χ4n) is 6.68. The van der Waals surface area contributed by atoms with E-state index in [0.717, 1.165) is 22.5 Å². The molecule has 3 amide bonds. The van der Waals surface area contributed by atoms with E-state index in [1.807, 2.05) is 80.6 Å². The first-order valence-electron chi connectivity index (χ1n) is 13.6. The maximum Gasteiger partial charge on any atom is 0.251 e. The predicted octanol–water partition coefficient (Wildman–Crippen LogP) is 3.49.